The van der Waals surface area contributed by atoms with Crippen molar-refractivity contribution in [3.8, 4) is 5.69 Å². The maximum absolute atomic E-state index is 12.5. The third-order valence-corrected chi connectivity index (χ3v) is 4.74. The van der Waals surface area contributed by atoms with Crippen molar-refractivity contribution in [3.63, 3.8) is 0 Å². The molecule has 0 aliphatic carbocycles. The predicted octanol–water partition coefficient (Wildman–Crippen LogP) is 2.35. The molecule has 1 aliphatic rings. The van der Waals surface area contributed by atoms with Crippen molar-refractivity contribution in [2.45, 2.75) is 12.8 Å². The van der Waals surface area contributed by atoms with Gasteiger partial charge in [-0.15, -0.1) is 0 Å². The predicted molar refractivity (Wildman–Crippen MR) is 97.3 cm³/mol. The summed E-state index contributed by atoms with van der Waals surface area (Å²) in [6.45, 7) is 1.13. The first-order valence-electron chi connectivity index (χ1n) is 8.78. The summed E-state index contributed by atoms with van der Waals surface area (Å²) in [5.41, 5.74) is 2.16. The van der Waals surface area contributed by atoms with Crippen molar-refractivity contribution < 1.29 is 14.0 Å². The van der Waals surface area contributed by atoms with Crippen LogP contribution in [0.4, 0.5) is 5.69 Å². The van der Waals surface area contributed by atoms with Crippen molar-refractivity contribution >= 4 is 17.5 Å². The second kappa shape index (κ2) is 7.45. The Balaban J connectivity index is 1.31. The number of hydrogen-bond donors (Lipinski definition) is 1. The standard InChI is InChI=1S/C19H19N5O3/c25-18(22-16-1-3-17(4-2-16)24-13-20-12-21-24)14-5-8-23(9-6-14)19(26)15-7-10-27-11-15/h1-4,7,10-14H,5-6,8-9H2,(H,22,25). The molecule has 3 heterocycles. The van der Waals surface area contributed by atoms with Gasteiger partial charge in [0.15, 0.2) is 0 Å². The lowest BCUT2D eigenvalue weighted by Crippen LogP contribution is -2.41. The third-order valence-electron chi connectivity index (χ3n) is 4.74. The van der Waals surface area contributed by atoms with Crippen molar-refractivity contribution in [3.05, 3.63) is 61.1 Å². The number of amides is 2. The molecule has 8 heteroatoms. The first-order valence-corrected chi connectivity index (χ1v) is 8.78. The van der Waals surface area contributed by atoms with E-state index in [1.165, 1.54) is 18.9 Å². The van der Waals surface area contributed by atoms with Crippen molar-refractivity contribution in [1.82, 2.24) is 19.7 Å². The maximum Gasteiger partial charge on any atom is 0.257 e. The lowest BCUT2D eigenvalue weighted by Gasteiger charge is -2.31. The van der Waals surface area contributed by atoms with E-state index in [4.69, 9.17) is 4.42 Å². The Labute approximate surface area is 155 Å². The zero-order valence-corrected chi connectivity index (χ0v) is 14.6. The highest BCUT2D eigenvalue weighted by molar-refractivity contribution is 5.95. The lowest BCUT2D eigenvalue weighted by atomic mass is 9.95. The second-order valence-electron chi connectivity index (χ2n) is 6.45. The normalized spacial score (nSPS) is 14.9. The van der Waals surface area contributed by atoms with Crippen LogP contribution in [0.25, 0.3) is 5.69 Å². The van der Waals surface area contributed by atoms with E-state index in [-0.39, 0.29) is 17.7 Å². The smallest absolute Gasteiger partial charge is 0.257 e. The fourth-order valence-electron chi connectivity index (χ4n) is 3.20. The second-order valence-corrected chi connectivity index (χ2v) is 6.45. The topological polar surface area (TPSA) is 93.3 Å². The molecule has 0 radical (unpaired) electrons. The molecule has 0 spiro atoms. The molecule has 1 saturated heterocycles. The number of piperidine rings is 1. The number of nitrogens with one attached hydrogen (secondary N) is 1. The fourth-order valence-corrected chi connectivity index (χ4v) is 3.20. The van der Waals surface area contributed by atoms with E-state index in [1.54, 1.807) is 22.0 Å². The lowest BCUT2D eigenvalue weighted by molar-refractivity contribution is -0.121. The third kappa shape index (κ3) is 3.74. The molecule has 138 valence electrons. The first-order chi connectivity index (χ1) is 13.2. The van der Waals surface area contributed by atoms with Crippen LogP contribution < -0.4 is 5.32 Å². The van der Waals surface area contributed by atoms with Crippen LogP contribution in [0.2, 0.25) is 0 Å². The number of rotatable bonds is 4. The highest BCUT2D eigenvalue weighted by Crippen LogP contribution is 2.21. The van der Waals surface area contributed by atoms with Crippen molar-refractivity contribution in [2.24, 2.45) is 5.92 Å². The number of aromatic nitrogens is 3. The van der Waals surface area contributed by atoms with Gasteiger partial charge in [-0.3, -0.25) is 9.59 Å². The number of nitrogens with zero attached hydrogens (tertiary/aromatic N) is 4. The van der Waals surface area contributed by atoms with E-state index in [1.807, 2.05) is 24.3 Å². The molecular weight excluding hydrogens is 346 g/mol. The molecule has 1 aliphatic heterocycles. The minimum Gasteiger partial charge on any atom is -0.472 e. The largest absolute Gasteiger partial charge is 0.472 e. The first kappa shape index (κ1) is 17.0. The highest BCUT2D eigenvalue weighted by Gasteiger charge is 2.28. The van der Waals surface area contributed by atoms with Gasteiger partial charge in [-0.25, -0.2) is 9.67 Å². The Bertz CT molecular complexity index is 895. The molecule has 0 saturated carbocycles. The zero-order chi connectivity index (χ0) is 18.6. The SMILES string of the molecule is O=C(Nc1ccc(-n2cncn2)cc1)C1CCN(C(=O)c2ccoc2)CC1. The molecule has 1 fully saturated rings. The van der Waals surface area contributed by atoms with Gasteiger partial charge < -0.3 is 14.6 Å². The molecule has 8 nitrogen and oxygen atoms in total. The van der Waals surface area contributed by atoms with Crippen molar-refractivity contribution in [2.75, 3.05) is 18.4 Å². The monoisotopic (exact) mass is 365 g/mol. The van der Waals surface area contributed by atoms with Gasteiger partial charge in [0.25, 0.3) is 5.91 Å². The molecule has 4 rings (SSSR count). The van der Waals surface area contributed by atoms with E-state index in [9.17, 15) is 9.59 Å². The molecule has 0 atom stereocenters. The van der Waals surface area contributed by atoms with Gasteiger partial charge in [0.05, 0.1) is 17.5 Å². The summed E-state index contributed by atoms with van der Waals surface area (Å²) >= 11 is 0. The Kier molecular flexibility index (Phi) is 4.69. The quantitative estimate of drug-likeness (QED) is 0.766. The minimum atomic E-state index is -0.103. The average molecular weight is 365 g/mol. The van der Waals surface area contributed by atoms with Crippen LogP contribution in [-0.4, -0.2) is 44.6 Å². The molecule has 27 heavy (non-hydrogen) atoms. The van der Waals surface area contributed by atoms with Gasteiger partial charge in [0, 0.05) is 24.7 Å². The van der Waals surface area contributed by atoms with Gasteiger partial charge in [0.2, 0.25) is 5.91 Å². The van der Waals surface area contributed by atoms with Gasteiger partial charge in [-0.1, -0.05) is 0 Å². The molecule has 0 bridgehead atoms. The van der Waals surface area contributed by atoms with Crippen LogP contribution in [0.5, 0.6) is 0 Å². The Morgan fingerprint density at radius 1 is 1.11 bits per heavy atom. The number of likely N-dealkylation sites (tertiary alicyclic amines) is 1. The molecule has 1 N–H and O–H groups in total. The summed E-state index contributed by atoms with van der Waals surface area (Å²) in [5, 5.41) is 7.02. The number of benzene rings is 1. The summed E-state index contributed by atoms with van der Waals surface area (Å²) in [5.74, 6) is -0.168. The molecule has 1 aromatic carbocycles. The van der Waals surface area contributed by atoms with E-state index in [0.29, 0.717) is 31.5 Å². The van der Waals surface area contributed by atoms with Gasteiger partial charge in [-0.05, 0) is 43.2 Å². The van der Waals surface area contributed by atoms with Crippen LogP contribution >= 0.6 is 0 Å². The summed E-state index contributed by atoms with van der Waals surface area (Å²) in [4.78, 5) is 30.5. The van der Waals surface area contributed by atoms with Crippen LogP contribution in [0.3, 0.4) is 0 Å². The molecule has 0 unspecified atom stereocenters. The van der Waals surface area contributed by atoms with E-state index < -0.39 is 0 Å². The van der Waals surface area contributed by atoms with Gasteiger partial charge >= 0.3 is 0 Å². The van der Waals surface area contributed by atoms with Crippen molar-refractivity contribution in [1.29, 1.82) is 0 Å². The van der Waals surface area contributed by atoms with Crippen LogP contribution in [0.15, 0.2) is 59.9 Å². The molecule has 3 aromatic rings. The molecule has 2 aromatic heterocycles. The van der Waals surface area contributed by atoms with E-state index in [0.717, 1.165) is 11.4 Å². The summed E-state index contributed by atoms with van der Waals surface area (Å²) < 4.78 is 6.61. The highest BCUT2D eigenvalue weighted by atomic mass is 16.3. The maximum atomic E-state index is 12.5. The summed E-state index contributed by atoms with van der Waals surface area (Å²) in [6.07, 6.45) is 7.32. The summed E-state index contributed by atoms with van der Waals surface area (Å²) in [6, 6.07) is 9.08. The number of carbonyl (C=O) groups is 2. The number of hydrogen-bond acceptors (Lipinski definition) is 5. The average Bonchev–Trinajstić information content (AvgIpc) is 3.42. The van der Waals surface area contributed by atoms with E-state index in [2.05, 4.69) is 15.4 Å². The van der Waals surface area contributed by atoms with E-state index >= 15 is 0 Å². The van der Waals surface area contributed by atoms with Gasteiger partial charge in [-0.2, -0.15) is 5.10 Å². The Morgan fingerprint density at radius 3 is 2.52 bits per heavy atom. The number of anilines is 1. The minimum absolute atomic E-state index is 0.0149. The molecule has 2 amide bonds. The van der Waals surface area contributed by atoms with Crippen LogP contribution in [0.1, 0.15) is 23.2 Å². The van der Waals surface area contributed by atoms with Crippen LogP contribution in [0, 0.1) is 5.92 Å². The molecular formula is C19H19N5O3. The number of furan rings is 1. The Morgan fingerprint density at radius 2 is 1.89 bits per heavy atom. The number of carbonyl (C=O) groups excluding carboxylic acids is 2. The fraction of sp³-hybridized carbons (Fsp3) is 0.263. The van der Waals surface area contributed by atoms with Gasteiger partial charge in [0.1, 0.15) is 18.9 Å². The van der Waals surface area contributed by atoms with Crippen LogP contribution in [-0.2, 0) is 4.79 Å². The Hall–Kier alpha value is -3.42. The zero-order valence-electron chi connectivity index (χ0n) is 14.6. The summed E-state index contributed by atoms with van der Waals surface area (Å²) in [7, 11) is 0.